The highest BCUT2D eigenvalue weighted by atomic mass is 14.9. The van der Waals surface area contributed by atoms with Gasteiger partial charge in [-0.1, -0.05) is 68.4 Å². The molecular weight excluding hydrogens is 318 g/mol. The minimum Gasteiger partial charge on any atom is -0.338 e. The number of aromatic nitrogens is 2. The molecule has 0 spiro atoms. The van der Waals surface area contributed by atoms with Gasteiger partial charge in [0.25, 0.3) is 0 Å². The smallest absolute Gasteiger partial charge is 0.138 e. The largest absolute Gasteiger partial charge is 0.338 e. The van der Waals surface area contributed by atoms with Crippen LogP contribution in [-0.2, 0) is 6.54 Å². The minimum atomic E-state index is 0.488. The Bertz CT molecular complexity index is 980. The molecule has 0 bridgehead atoms. The van der Waals surface area contributed by atoms with Crippen LogP contribution in [0, 0.1) is 0 Å². The van der Waals surface area contributed by atoms with Gasteiger partial charge in [-0.15, -0.1) is 0 Å². The highest BCUT2D eigenvalue weighted by molar-refractivity contribution is 5.79. The maximum Gasteiger partial charge on any atom is 0.138 e. The fourth-order valence-corrected chi connectivity index (χ4v) is 3.09. The molecule has 1 heterocycles. The van der Waals surface area contributed by atoms with Crippen molar-refractivity contribution in [2.45, 2.75) is 26.4 Å². The molecule has 0 fully saturated rings. The summed E-state index contributed by atoms with van der Waals surface area (Å²) in [4.78, 5) is 8.06. The lowest BCUT2D eigenvalue weighted by molar-refractivity contribution is 0.589. The lowest BCUT2D eigenvalue weighted by Crippen LogP contribution is -2.21. The van der Waals surface area contributed by atoms with Crippen molar-refractivity contribution in [1.29, 1.82) is 0 Å². The second-order valence-corrected chi connectivity index (χ2v) is 6.92. The van der Waals surface area contributed by atoms with E-state index in [2.05, 4.69) is 83.7 Å². The third-order valence-electron chi connectivity index (χ3n) is 4.52. The molecule has 26 heavy (non-hydrogen) atoms. The number of nitrogens with one attached hydrogen (secondary N) is 2. The maximum absolute atomic E-state index is 4.68. The number of fused-ring (bicyclic) bond motifs is 1. The number of hydrogen-bond donors (Lipinski definition) is 2. The number of para-hydroxylation sites is 2. The molecule has 0 aliphatic rings. The normalized spacial score (nSPS) is 11.3. The average Bonchev–Trinajstić information content (AvgIpc) is 3.11. The van der Waals surface area contributed by atoms with Crippen molar-refractivity contribution >= 4 is 11.0 Å². The second-order valence-electron chi connectivity index (χ2n) is 6.92. The summed E-state index contributed by atoms with van der Waals surface area (Å²) >= 11 is 0. The van der Waals surface area contributed by atoms with Crippen LogP contribution in [-0.4, -0.2) is 16.0 Å². The quantitative estimate of drug-likeness (QED) is 0.510. The predicted molar refractivity (Wildman–Crippen MR) is 109 cm³/mol. The van der Waals surface area contributed by atoms with Crippen LogP contribution in [0.25, 0.3) is 33.5 Å². The van der Waals surface area contributed by atoms with Crippen molar-refractivity contribution in [3.8, 4) is 22.5 Å². The highest BCUT2D eigenvalue weighted by Gasteiger charge is 2.06. The standard InChI is InChI=1S/C23H23N3/c1-16(2)24-15-17-6-5-7-20(14-17)18-10-12-19(13-11-18)23-25-21-8-3-4-9-22(21)26-23/h3-14,16,24H,15H2,1-2H3,(H,25,26). The van der Waals surface area contributed by atoms with E-state index in [1.807, 2.05) is 18.2 Å². The number of rotatable bonds is 5. The molecule has 0 amide bonds. The summed E-state index contributed by atoms with van der Waals surface area (Å²) in [6.45, 7) is 5.23. The first-order valence-corrected chi connectivity index (χ1v) is 9.07. The lowest BCUT2D eigenvalue weighted by atomic mass is 10.0. The van der Waals surface area contributed by atoms with Gasteiger partial charge in [-0.05, 0) is 34.9 Å². The minimum absolute atomic E-state index is 0.488. The first-order chi connectivity index (χ1) is 12.7. The Kier molecular flexibility index (Phi) is 4.55. The van der Waals surface area contributed by atoms with Crippen molar-refractivity contribution in [3.05, 3.63) is 78.4 Å². The molecule has 0 saturated carbocycles. The van der Waals surface area contributed by atoms with Crippen molar-refractivity contribution in [2.24, 2.45) is 0 Å². The van der Waals surface area contributed by atoms with E-state index >= 15 is 0 Å². The van der Waals surface area contributed by atoms with Gasteiger partial charge in [0.2, 0.25) is 0 Å². The fourth-order valence-electron chi connectivity index (χ4n) is 3.09. The molecule has 0 atom stereocenters. The predicted octanol–water partition coefficient (Wildman–Crippen LogP) is 5.39. The third kappa shape index (κ3) is 3.53. The van der Waals surface area contributed by atoms with E-state index in [-0.39, 0.29) is 0 Å². The monoisotopic (exact) mass is 341 g/mol. The van der Waals surface area contributed by atoms with Gasteiger partial charge in [-0.2, -0.15) is 0 Å². The second kappa shape index (κ2) is 7.14. The van der Waals surface area contributed by atoms with E-state index in [9.17, 15) is 0 Å². The van der Waals surface area contributed by atoms with E-state index in [1.165, 1.54) is 16.7 Å². The van der Waals surface area contributed by atoms with Gasteiger partial charge in [0.05, 0.1) is 11.0 Å². The molecule has 4 aromatic rings. The number of nitrogens with zero attached hydrogens (tertiary/aromatic N) is 1. The average molecular weight is 341 g/mol. The van der Waals surface area contributed by atoms with Gasteiger partial charge < -0.3 is 10.3 Å². The Morgan fingerprint density at radius 1 is 0.846 bits per heavy atom. The van der Waals surface area contributed by atoms with Gasteiger partial charge in [0.1, 0.15) is 5.82 Å². The fraction of sp³-hybridized carbons (Fsp3) is 0.174. The molecule has 0 radical (unpaired) electrons. The molecule has 3 heteroatoms. The lowest BCUT2D eigenvalue weighted by Gasteiger charge is -2.10. The van der Waals surface area contributed by atoms with Crippen molar-refractivity contribution in [3.63, 3.8) is 0 Å². The van der Waals surface area contributed by atoms with Gasteiger partial charge in [-0.25, -0.2) is 4.98 Å². The number of imidazole rings is 1. The Hall–Kier alpha value is -2.91. The van der Waals surface area contributed by atoms with Crippen molar-refractivity contribution in [1.82, 2.24) is 15.3 Å². The summed E-state index contributed by atoms with van der Waals surface area (Å²) < 4.78 is 0. The Labute approximate surface area is 154 Å². The number of hydrogen-bond acceptors (Lipinski definition) is 2. The van der Waals surface area contributed by atoms with Crippen LogP contribution in [0.2, 0.25) is 0 Å². The molecular formula is C23H23N3. The molecule has 3 aromatic carbocycles. The zero-order valence-corrected chi connectivity index (χ0v) is 15.2. The van der Waals surface area contributed by atoms with E-state index in [1.54, 1.807) is 0 Å². The van der Waals surface area contributed by atoms with E-state index in [0.717, 1.165) is 29.0 Å². The van der Waals surface area contributed by atoms with Crippen LogP contribution in [0.15, 0.2) is 72.8 Å². The van der Waals surface area contributed by atoms with Crippen LogP contribution in [0.4, 0.5) is 0 Å². The number of benzene rings is 3. The summed E-state index contributed by atoms with van der Waals surface area (Å²) in [6, 6.07) is 25.9. The van der Waals surface area contributed by atoms with Gasteiger partial charge in [0.15, 0.2) is 0 Å². The Morgan fingerprint density at radius 2 is 1.62 bits per heavy atom. The zero-order chi connectivity index (χ0) is 17.9. The van der Waals surface area contributed by atoms with Crippen LogP contribution >= 0.6 is 0 Å². The van der Waals surface area contributed by atoms with Crippen LogP contribution in [0.1, 0.15) is 19.4 Å². The molecule has 2 N–H and O–H groups in total. The first-order valence-electron chi connectivity index (χ1n) is 9.07. The van der Waals surface area contributed by atoms with Gasteiger partial charge in [-0.3, -0.25) is 0 Å². The summed E-state index contributed by atoms with van der Waals surface area (Å²) in [5, 5.41) is 3.47. The van der Waals surface area contributed by atoms with Gasteiger partial charge >= 0.3 is 0 Å². The zero-order valence-electron chi connectivity index (χ0n) is 15.2. The summed E-state index contributed by atoms with van der Waals surface area (Å²) in [5.74, 6) is 0.910. The number of aromatic amines is 1. The Morgan fingerprint density at radius 3 is 2.38 bits per heavy atom. The molecule has 130 valence electrons. The van der Waals surface area contributed by atoms with Crippen LogP contribution in [0.3, 0.4) is 0 Å². The summed E-state index contributed by atoms with van der Waals surface area (Å²) in [6.07, 6.45) is 0. The molecule has 1 aromatic heterocycles. The maximum atomic E-state index is 4.68. The topological polar surface area (TPSA) is 40.7 Å². The van der Waals surface area contributed by atoms with E-state index < -0.39 is 0 Å². The Balaban J connectivity index is 1.58. The van der Waals surface area contributed by atoms with Crippen molar-refractivity contribution in [2.75, 3.05) is 0 Å². The van der Waals surface area contributed by atoms with E-state index in [4.69, 9.17) is 0 Å². The molecule has 0 aliphatic heterocycles. The van der Waals surface area contributed by atoms with Crippen molar-refractivity contribution < 1.29 is 0 Å². The SMILES string of the molecule is CC(C)NCc1cccc(-c2ccc(-c3nc4ccccc4[nH]3)cc2)c1. The molecule has 3 nitrogen and oxygen atoms in total. The third-order valence-corrected chi connectivity index (χ3v) is 4.52. The van der Waals surface area contributed by atoms with Crippen LogP contribution in [0.5, 0.6) is 0 Å². The molecule has 4 rings (SSSR count). The summed E-state index contributed by atoms with van der Waals surface area (Å²) in [7, 11) is 0. The summed E-state index contributed by atoms with van der Waals surface area (Å²) in [5.41, 5.74) is 6.93. The first kappa shape index (κ1) is 16.6. The molecule has 0 aliphatic carbocycles. The van der Waals surface area contributed by atoms with Gasteiger partial charge in [0, 0.05) is 18.2 Å². The molecule has 0 unspecified atom stereocenters. The highest BCUT2D eigenvalue weighted by Crippen LogP contribution is 2.25. The number of H-pyrrole nitrogens is 1. The van der Waals surface area contributed by atoms with Crippen LogP contribution < -0.4 is 5.32 Å². The molecule has 0 saturated heterocycles. The van der Waals surface area contributed by atoms with E-state index in [0.29, 0.717) is 6.04 Å².